The molecule has 0 aromatic carbocycles. The predicted molar refractivity (Wildman–Crippen MR) is 178 cm³/mol. The fourth-order valence-corrected chi connectivity index (χ4v) is 9.16. The van der Waals surface area contributed by atoms with E-state index in [1.54, 1.807) is 0 Å². The highest BCUT2D eigenvalue weighted by atomic mass is 32.1. The Hall–Kier alpha value is -3.00. The number of hydrogen-bond donors (Lipinski definition) is 2. The molecular weight excluding hydrogens is 673 g/mol. The molecule has 2 amide bonds. The second kappa shape index (κ2) is 13.7. The van der Waals surface area contributed by atoms with Gasteiger partial charge in [0.1, 0.15) is 10.0 Å². The van der Waals surface area contributed by atoms with Crippen molar-refractivity contribution in [3.05, 3.63) is 32.0 Å². The van der Waals surface area contributed by atoms with E-state index in [-0.39, 0.29) is 43.8 Å². The molecule has 8 nitrogen and oxygen atoms in total. The van der Waals surface area contributed by atoms with Crippen LogP contribution >= 0.6 is 22.7 Å². The topological polar surface area (TPSA) is 111 Å². The summed E-state index contributed by atoms with van der Waals surface area (Å²) in [6.07, 6.45) is 5.02. The highest BCUT2D eigenvalue weighted by Crippen LogP contribution is 2.48. The molecule has 2 aromatic rings. The molecule has 0 radical (unpaired) electrons. The van der Waals surface area contributed by atoms with E-state index in [9.17, 15) is 19.2 Å². The zero-order valence-corrected chi connectivity index (χ0v) is 30.2. The highest BCUT2D eigenvalue weighted by Gasteiger charge is 2.67. The van der Waals surface area contributed by atoms with Gasteiger partial charge in [-0.2, -0.15) is 17.6 Å². The molecule has 2 aliphatic rings. The highest BCUT2D eigenvalue weighted by molar-refractivity contribution is 7.17. The van der Waals surface area contributed by atoms with Crippen LogP contribution < -0.4 is 10.6 Å². The fourth-order valence-electron chi connectivity index (χ4n) is 6.54. The summed E-state index contributed by atoms with van der Waals surface area (Å²) in [4.78, 5) is 52.6. The Labute approximate surface area is 286 Å². The number of methoxy groups -OCH3 is 2. The summed E-state index contributed by atoms with van der Waals surface area (Å²) in [6, 6.07) is 0. The van der Waals surface area contributed by atoms with Crippen molar-refractivity contribution >= 4 is 56.4 Å². The van der Waals surface area contributed by atoms with E-state index in [1.807, 2.05) is 10.6 Å². The molecule has 2 aromatic heterocycles. The molecule has 0 aliphatic heterocycles. The first-order valence-electron chi connectivity index (χ1n) is 16.1. The Morgan fingerprint density at radius 1 is 0.688 bits per heavy atom. The molecule has 4 rings (SSSR count). The summed E-state index contributed by atoms with van der Waals surface area (Å²) in [6.45, 7) is 12.5. The van der Waals surface area contributed by atoms with Gasteiger partial charge < -0.3 is 20.1 Å². The lowest BCUT2D eigenvalue weighted by Crippen LogP contribution is -2.56. The van der Waals surface area contributed by atoms with Crippen molar-refractivity contribution in [3.8, 4) is 0 Å². The van der Waals surface area contributed by atoms with E-state index in [0.717, 1.165) is 49.7 Å². The third-order valence-corrected chi connectivity index (χ3v) is 13.1. The lowest BCUT2D eigenvalue weighted by molar-refractivity contribution is -0.204. The Morgan fingerprint density at radius 2 is 1.02 bits per heavy atom. The van der Waals surface area contributed by atoms with Gasteiger partial charge in [0.05, 0.1) is 25.3 Å². The maximum atomic E-state index is 15.3. The van der Waals surface area contributed by atoms with Crippen LogP contribution in [0.2, 0.25) is 0 Å². The quantitative estimate of drug-likeness (QED) is 0.179. The molecule has 2 N–H and O–H groups in total. The van der Waals surface area contributed by atoms with Crippen molar-refractivity contribution < 1.29 is 46.2 Å². The number of amides is 2. The van der Waals surface area contributed by atoms with Crippen LogP contribution in [0.25, 0.3) is 0 Å². The Kier molecular flexibility index (Phi) is 10.8. The van der Waals surface area contributed by atoms with E-state index in [0.29, 0.717) is 59.4 Å². The number of alkyl halides is 4. The van der Waals surface area contributed by atoms with Gasteiger partial charge in [-0.05, 0) is 72.3 Å². The summed E-state index contributed by atoms with van der Waals surface area (Å²) in [5.74, 6) is -17.4. The normalized spacial score (nSPS) is 18.4. The maximum absolute atomic E-state index is 15.3. The van der Waals surface area contributed by atoms with Crippen LogP contribution in [0.5, 0.6) is 0 Å². The molecule has 2 atom stereocenters. The molecule has 2 aliphatic carbocycles. The fraction of sp³-hybridized carbons (Fsp3) is 0.647. The average molecular weight is 717 g/mol. The number of hydrogen-bond acceptors (Lipinski definition) is 8. The van der Waals surface area contributed by atoms with E-state index in [4.69, 9.17) is 9.47 Å². The van der Waals surface area contributed by atoms with E-state index >= 15 is 17.6 Å². The molecule has 14 heteroatoms. The first-order valence-corrected chi connectivity index (χ1v) is 17.7. The number of nitrogens with one attached hydrogen (secondary N) is 2. The Morgan fingerprint density at radius 3 is 1.31 bits per heavy atom. The van der Waals surface area contributed by atoms with Crippen LogP contribution in [-0.2, 0) is 44.7 Å². The smallest absolute Gasteiger partial charge is 0.396 e. The van der Waals surface area contributed by atoms with Gasteiger partial charge in [-0.3, -0.25) is 9.59 Å². The molecule has 0 bridgehead atoms. The minimum absolute atomic E-state index is 0.0532. The molecular formula is C34H44F4N2O6S2. The number of carbonyl (C=O) groups is 4. The molecule has 2 unspecified atom stereocenters. The third kappa shape index (κ3) is 6.75. The standard InChI is InChI=1S/C34H44F4N2O6S2/c1-9-31(3,4)17-11-13-19-21(15-17)47-25(23(19)27(41)45-7)39-29(43)33(35,36)34(37,38)30(44)40-26-24(28(42)46-8)20-14-12-18(16-22(20)48-26)32(5,6)10-2/h17-18H,9-16H2,1-8H3,(H,39,43)(H,40,44). The first kappa shape index (κ1) is 37.8. The number of esters is 2. The molecule has 0 fully saturated rings. The lowest BCUT2D eigenvalue weighted by atomic mass is 9.69. The van der Waals surface area contributed by atoms with E-state index in [2.05, 4.69) is 41.5 Å². The maximum Gasteiger partial charge on any atom is 0.396 e. The minimum Gasteiger partial charge on any atom is -0.465 e. The van der Waals surface area contributed by atoms with E-state index in [1.165, 1.54) is 0 Å². The van der Waals surface area contributed by atoms with Crippen LogP contribution in [0.4, 0.5) is 27.6 Å². The van der Waals surface area contributed by atoms with Crippen LogP contribution in [0.15, 0.2) is 0 Å². The van der Waals surface area contributed by atoms with Gasteiger partial charge in [0, 0.05) is 9.75 Å². The summed E-state index contributed by atoms with van der Waals surface area (Å²) in [5.41, 5.74) is 0.640. The molecule has 2 heterocycles. The van der Waals surface area contributed by atoms with Crippen molar-refractivity contribution in [2.75, 3.05) is 24.9 Å². The lowest BCUT2D eigenvalue weighted by Gasteiger charge is -2.36. The Balaban J connectivity index is 1.61. The molecule has 48 heavy (non-hydrogen) atoms. The van der Waals surface area contributed by atoms with Crippen LogP contribution in [0.3, 0.4) is 0 Å². The summed E-state index contributed by atoms with van der Waals surface area (Å²) in [7, 11) is 2.18. The number of ether oxygens (including phenoxy) is 2. The molecule has 0 spiro atoms. The van der Waals surface area contributed by atoms with Crippen molar-refractivity contribution in [1.29, 1.82) is 0 Å². The zero-order valence-electron chi connectivity index (χ0n) is 28.6. The van der Waals surface area contributed by atoms with Gasteiger partial charge in [-0.25, -0.2) is 9.59 Å². The SMILES string of the molecule is CCC(C)(C)C1CCc2c(sc(NC(=O)C(F)(F)C(F)(F)C(=O)Nc3sc4c(c3C(=O)OC)CCC(C(C)(C)CC)C4)c2C(=O)OC)C1. The van der Waals surface area contributed by atoms with Crippen LogP contribution in [0.1, 0.15) is 109 Å². The Bertz CT molecular complexity index is 1480. The largest absolute Gasteiger partial charge is 0.465 e. The number of rotatable bonds is 11. The van der Waals surface area contributed by atoms with Gasteiger partial charge in [-0.15, -0.1) is 22.7 Å². The predicted octanol–water partition coefficient (Wildman–Crippen LogP) is 8.31. The average Bonchev–Trinajstić information content (AvgIpc) is 3.60. The number of thiophene rings is 2. The van der Waals surface area contributed by atoms with Gasteiger partial charge in [0.25, 0.3) is 0 Å². The summed E-state index contributed by atoms with van der Waals surface area (Å²) >= 11 is 1.73. The number of anilines is 2. The second-order valence-electron chi connectivity index (χ2n) is 14.0. The first-order chi connectivity index (χ1) is 22.3. The number of halogens is 4. The second-order valence-corrected chi connectivity index (χ2v) is 16.2. The minimum atomic E-state index is -5.54. The van der Waals surface area contributed by atoms with Crippen molar-refractivity contribution in [3.63, 3.8) is 0 Å². The molecule has 266 valence electrons. The molecule has 0 saturated carbocycles. The van der Waals surface area contributed by atoms with Crippen LogP contribution in [0, 0.1) is 22.7 Å². The number of carbonyl (C=O) groups excluding carboxylic acids is 4. The third-order valence-electron chi connectivity index (χ3n) is 10.8. The van der Waals surface area contributed by atoms with Gasteiger partial charge in [0.2, 0.25) is 0 Å². The van der Waals surface area contributed by atoms with Crippen LogP contribution in [-0.4, -0.2) is 49.8 Å². The van der Waals surface area contributed by atoms with Gasteiger partial charge in [-0.1, -0.05) is 54.4 Å². The van der Waals surface area contributed by atoms with Gasteiger partial charge >= 0.3 is 35.6 Å². The van der Waals surface area contributed by atoms with Crippen molar-refractivity contribution in [2.24, 2.45) is 22.7 Å². The number of fused-ring (bicyclic) bond motifs is 2. The van der Waals surface area contributed by atoms with Crippen molar-refractivity contribution in [2.45, 2.75) is 105 Å². The monoisotopic (exact) mass is 716 g/mol. The zero-order chi connectivity index (χ0) is 36.0. The summed E-state index contributed by atoms with van der Waals surface area (Å²) < 4.78 is 71.1. The van der Waals surface area contributed by atoms with Crippen molar-refractivity contribution in [1.82, 2.24) is 0 Å². The molecule has 0 saturated heterocycles. The van der Waals surface area contributed by atoms with Gasteiger partial charge in [0.15, 0.2) is 0 Å². The van der Waals surface area contributed by atoms with E-state index < -0.39 is 35.6 Å². The summed E-state index contributed by atoms with van der Waals surface area (Å²) in [5, 5.41) is 2.95.